The van der Waals surface area contributed by atoms with E-state index in [0.717, 1.165) is 10.1 Å². The van der Waals surface area contributed by atoms with E-state index in [4.69, 9.17) is 10.5 Å². The molecule has 1 aromatic carbocycles. The summed E-state index contributed by atoms with van der Waals surface area (Å²) in [6, 6.07) is 8.02. The van der Waals surface area contributed by atoms with Crippen molar-refractivity contribution in [3.8, 4) is 5.75 Å². The Labute approximate surface area is 108 Å². The Morgan fingerprint density at radius 2 is 2.24 bits per heavy atom. The molecule has 0 saturated carbocycles. The topological polar surface area (TPSA) is 61.0 Å². The molecule has 2 rings (SSSR count). The van der Waals surface area contributed by atoms with Gasteiger partial charge >= 0.3 is 0 Å². The van der Waals surface area contributed by atoms with Crippen LogP contribution in [0, 0.1) is 0 Å². The second-order valence-corrected chi connectivity index (χ2v) is 6.04. The van der Waals surface area contributed by atoms with Gasteiger partial charge < -0.3 is 10.5 Å². The zero-order valence-corrected chi connectivity index (χ0v) is 11.2. The number of nitrogens with two attached hydrogens (primary N) is 1. The summed E-state index contributed by atoms with van der Waals surface area (Å²) in [5.74, 6) is 0.867. The minimum atomic E-state index is 0.289. The molecule has 2 N–H and O–H groups in total. The fourth-order valence-corrected chi connectivity index (χ4v) is 3.28. The van der Waals surface area contributed by atoms with Crippen LogP contribution in [0.25, 0.3) is 0 Å². The summed E-state index contributed by atoms with van der Waals surface area (Å²) in [4.78, 5) is 0. The zero-order chi connectivity index (χ0) is 12.3. The zero-order valence-electron chi connectivity index (χ0n) is 9.58. The van der Waals surface area contributed by atoms with Crippen LogP contribution in [0.2, 0.25) is 0 Å². The average molecular weight is 267 g/mol. The second kappa shape index (κ2) is 5.37. The molecule has 6 heteroatoms. The molecular weight excluding hydrogens is 254 g/mol. The normalized spacial score (nSPS) is 12.4. The van der Waals surface area contributed by atoms with Gasteiger partial charge in [-0.05, 0) is 24.6 Å². The van der Waals surface area contributed by atoms with E-state index < -0.39 is 0 Å². The van der Waals surface area contributed by atoms with Gasteiger partial charge in [0.05, 0.1) is 7.11 Å². The minimum Gasteiger partial charge on any atom is -0.497 e. The number of aromatic nitrogens is 2. The van der Waals surface area contributed by atoms with Crippen molar-refractivity contribution >= 4 is 28.2 Å². The third kappa shape index (κ3) is 3.10. The number of hydrogen-bond acceptors (Lipinski definition) is 6. The maximum Gasteiger partial charge on any atom is 0.203 e. The van der Waals surface area contributed by atoms with Crippen LogP contribution in [-0.2, 0) is 0 Å². The summed E-state index contributed by atoms with van der Waals surface area (Å²) < 4.78 is 6.09. The highest BCUT2D eigenvalue weighted by Crippen LogP contribution is 2.37. The molecule has 1 heterocycles. The standard InChI is InChI=1S/C11H13N3OS2/c1-7(16-11-14-13-10(12)17-11)8-4-3-5-9(6-8)15-2/h3-7H,1-2H3,(H2,12,13)/t7-/m1/s1. The van der Waals surface area contributed by atoms with E-state index in [-0.39, 0.29) is 5.25 Å². The first-order valence-electron chi connectivity index (χ1n) is 5.08. The van der Waals surface area contributed by atoms with Crippen molar-refractivity contribution < 1.29 is 4.74 Å². The predicted molar refractivity (Wildman–Crippen MR) is 71.6 cm³/mol. The van der Waals surface area contributed by atoms with Crippen molar-refractivity contribution in [1.29, 1.82) is 0 Å². The quantitative estimate of drug-likeness (QED) is 0.863. The highest BCUT2D eigenvalue weighted by molar-refractivity contribution is 8.01. The molecule has 90 valence electrons. The van der Waals surface area contributed by atoms with E-state index in [1.807, 2.05) is 18.2 Å². The lowest BCUT2D eigenvalue weighted by molar-refractivity contribution is 0.414. The Bertz CT molecular complexity index is 501. The molecule has 2 aromatic rings. The summed E-state index contributed by atoms with van der Waals surface area (Å²) in [6.45, 7) is 2.12. The summed E-state index contributed by atoms with van der Waals surface area (Å²) in [6.07, 6.45) is 0. The fourth-order valence-electron chi connectivity index (χ4n) is 1.38. The van der Waals surface area contributed by atoms with Crippen molar-refractivity contribution in [2.75, 3.05) is 12.8 Å². The van der Waals surface area contributed by atoms with Crippen LogP contribution in [0.5, 0.6) is 5.75 Å². The van der Waals surface area contributed by atoms with Crippen LogP contribution in [0.4, 0.5) is 5.13 Å². The largest absolute Gasteiger partial charge is 0.497 e. The maximum absolute atomic E-state index is 5.55. The van der Waals surface area contributed by atoms with Gasteiger partial charge in [-0.1, -0.05) is 35.2 Å². The number of nitrogens with zero attached hydrogens (tertiary/aromatic N) is 2. The van der Waals surface area contributed by atoms with Crippen LogP contribution in [0.1, 0.15) is 17.7 Å². The van der Waals surface area contributed by atoms with Gasteiger partial charge in [0, 0.05) is 5.25 Å². The molecule has 1 aromatic heterocycles. The van der Waals surface area contributed by atoms with E-state index in [9.17, 15) is 0 Å². The number of hydrogen-bond donors (Lipinski definition) is 1. The molecule has 0 bridgehead atoms. The average Bonchev–Trinajstić information content (AvgIpc) is 2.75. The van der Waals surface area contributed by atoms with Gasteiger partial charge in [-0.15, -0.1) is 10.2 Å². The third-order valence-corrected chi connectivity index (χ3v) is 4.26. The number of rotatable bonds is 4. The number of thioether (sulfide) groups is 1. The molecule has 0 aliphatic heterocycles. The lowest BCUT2D eigenvalue weighted by atomic mass is 10.1. The highest BCUT2D eigenvalue weighted by Gasteiger charge is 2.11. The molecule has 0 spiro atoms. The molecule has 0 radical (unpaired) electrons. The molecule has 0 fully saturated rings. The van der Waals surface area contributed by atoms with Crippen LogP contribution in [0.15, 0.2) is 28.6 Å². The monoisotopic (exact) mass is 267 g/mol. The molecule has 0 unspecified atom stereocenters. The number of anilines is 1. The van der Waals surface area contributed by atoms with Crippen LogP contribution in [0.3, 0.4) is 0 Å². The van der Waals surface area contributed by atoms with E-state index in [1.54, 1.807) is 18.9 Å². The smallest absolute Gasteiger partial charge is 0.203 e. The Morgan fingerprint density at radius 1 is 1.41 bits per heavy atom. The first-order chi connectivity index (χ1) is 8.19. The SMILES string of the molecule is COc1cccc([C@@H](C)Sc2nnc(N)s2)c1. The van der Waals surface area contributed by atoms with Crippen molar-refractivity contribution in [2.45, 2.75) is 16.5 Å². The van der Waals surface area contributed by atoms with Gasteiger partial charge in [0.25, 0.3) is 0 Å². The van der Waals surface area contributed by atoms with Crippen molar-refractivity contribution in [3.63, 3.8) is 0 Å². The van der Waals surface area contributed by atoms with E-state index >= 15 is 0 Å². The van der Waals surface area contributed by atoms with Gasteiger partial charge in [-0.3, -0.25) is 0 Å². The molecule has 0 aliphatic rings. The fraction of sp³-hybridized carbons (Fsp3) is 0.273. The van der Waals surface area contributed by atoms with E-state index in [0.29, 0.717) is 5.13 Å². The third-order valence-electron chi connectivity index (χ3n) is 2.26. The Hall–Kier alpha value is -1.27. The first kappa shape index (κ1) is 12.2. The maximum atomic E-state index is 5.55. The lowest BCUT2D eigenvalue weighted by Crippen LogP contribution is -1.90. The van der Waals surface area contributed by atoms with Gasteiger partial charge in [-0.2, -0.15) is 0 Å². The van der Waals surface area contributed by atoms with E-state index in [2.05, 4.69) is 23.2 Å². The molecule has 0 saturated heterocycles. The molecule has 0 amide bonds. The summed E-state index contributed by atoms with van der Waals surface area (Å²) >= 11 is 3.05. The van der Waals surface area contributed by atoms with Gasteiger partial charge in [0.15, 0.2) is 4.34 Å². The van der Waals surface area contributed by atoms with Crippen LogP contribution in [-0.4, -0.2) is 17.3 Å². The molecule has 0 aliphatic carbocycles. The number of methoxy groups -OCH3 is 1. The highest BCUT2D eigenvalue weighted by atomic mass is 32.2. The molecular formula is C11H13N3OS2. The Kier molecular flexibility index (Phi) is 3.86. The number of benzene rings is 1. The van der Waals surface area contributed by atoms with Gasteiger partial charge in [0.1, 0.15) is 5.75 Å². The first-order valence-corrected chi connectivity index (χ1v) is 6.78. The van der Waals surface area contributed by atoms with Crippen LogP contribution >= 0.6 is 23.1 Å². The Morgan fingerprint density at radius 3 is 2.88 bits per heavy atom. The lowest BCUT2D eigenvalue weighted by Gasteiger charge is -2.10. The van der Waals surface area contributed by atoms with Gasteiger partial charge in [0.2, 0.25) is 5.13 Å². The van der Waals surface area contributed by atoms with Gasteiger partial charge in [-0.25, -0.2) is 0 Å². The summed E-state index contributed by atoms with van der Waals surface area (Å²) in [5.41, 5.74) is 6.75. The predicted octanol–water partition coefficient (Wildman–Crippen LogP) is 2.98. The van der Waals surface area contributed by atoms with Crippen LogP contribution < -0.4 is 10.5 Å². The van der Waals surface area contributed by atoms with E-state index in [1.165, 1.54) is 16.9 Å². The second-order valence-electron chi connectivity index (χ2n) is 3.44. The molecule has 17 heavy (non-hydrogen) atoms. The van der Waals surface area contributed by atoms with Crippen molar-refractivity contribution in [3.05, 3.63) is 29.8 Å². The van der Waals surface area contributed by atoms with Crippen molar-refractivity contribution in [1.82, 2.24) is 10.2 Å². The molecule has 4 nitrogen and oxygen atoms in total. The number of ether oxygens (including phenoxy) is 1. The number of nitrogen functional groups attached to an aromatic ring is 1. The summed E-state index contributed by atoms with van der Waals surface area (Å²) in [5, 5.41) is 8.59. The van der Waals surface area contributed by atoms with Crippen molar-refractivity contribution in [2.24, 2.45) is 0 Å². The molecule has 1 atom stereocenters. The summed E-state index contributed by atoms with van der Waals surface area (Å²) in [7, 11) is 1.67. The minimum absolute atomic E-state index is 0.289. The Balaban J connectivity index is 2.11.